The van der Waals surface area contributed by atoms with Crippen molar-refractivity contribution in [2.45, 2.75) is 59.1 Å². The number of aryl methyl sites for hydroxylation is 2. The molecule has 1 aromatic carbocycles. The Labute approximate surface area is 182 Å². The van der Waals surface area contributed by atoms with E-state index in [1.807, 2.05) is 25.1 Å². The fraction of sp³-hybridized carbons (Fsp3) is 0.542. The molecular weight excluding hydrogens is 398 g/mol. The number of carbonyl (C=O) groups excluding carboxylic acids is 1. The third-order valence-electron chi connectivity index (χ3n) is 6.80. The van der Waals surface area contributed by atoms with Crippen LogP contribution in [0.3, 0.4) is 0 Å². The van der Waals surface area contributed by atoms with E-state index in [-0.39, 0.29) is 19.1 Å². The van der Waals surface area contributed by atoms with Crippen LogP contribution in [0.15, 0.2) is 18.2 Å². The van der Waals surface area contributed by atoms with E-state index in [9.17, 15) is 9.90 Å². The summed E-state index contributed by atoms with van der Waals surface area (Å²) in [6, 6.07) is 5.74. The van der Waals surface area contributed by atoms with Gasteiger partial charge in [0.25, 0.3) is 5.91 Å². The molecule has 0 radical (unpaired) electrons. The molecule has 2 aliphatic carbocycles. The standard InChI is InChI=1S/C24H31NO4S/c1-13-7-15(5-6-20(13)29-12-16(27)11-26)10-25-23(28)22-17-8-19-18(9-24(19,3)4)21(17)14(2)30-22/h5-7,16,18-19,26-27H,8-12H2,1-4H3,(H,25,28)/t16-,18+,19+/m0/s1. The van der Waals surface area contributed by atoms with Gasteiger partial charge in [-0.15, -0.1) is 11.3 Å². The number of fused-ring (bicyclic) bond motifs is 3. The van der Waals surface area contributed by atoms with E-state index in [0.29, 0.717) is 29.5 Å². The van der Waals surface area contributed by atoms with Crippen LogP contribution in [0.2, 0.25) is 0 Å². The summed E-state index contributed by atoms with van der Waals surface area (Å²) in [6.07, 6.45) is 1.37. The number of amides is 1. The predicted molar refractivity (Wildman–Crippen MR) is 118 cm³/mol. The molecule has 2 aromatic rings. The molecule has 162 valence electrons. The smallest absolute Gasteiger partial charge is 0.261 e. The number of benzene rings is 1. The molecule has 1 aromatic heterocycles. The van der Waals surface area contributed by atoms with E-state index in [2.05, 4.69) is 26.1 Å². The Bertz CT molecular complexity index is 964. The minimum Gasteiger partial charge on any atom is -0.491 e. The number of nitrogens with one attached hydrogen (secondary N) is 1. The first-order valence-electron chi connectivity index (χ1n) is 10.6. The van der Waals surface area contributed by atoms with Crippen molar-refractivity contribution in [3.63, 3.8) is 0 Å². The van der Waals surface area contributed by atoms with Gasteiger partial charge in [0.2, 0.25) is 0 Å². The van der Waals surface area contributed by atoms with Crippen LogP contribution in [-0.4, -0.2) is 35.4 Å². The van der Waals surface area contributed by atoms with Crippen molar-refractivity contribution in [1.29, 1.82) is 0 Å². The largest absolute Gasteiger partial charge is 0.491 e. The van der Waals surface area contributed by atoms with Crippen LogP contribution >= 0.6 is 11.3 Å². The summed E-state index contributed by atoms with van der Waals surface area (Å²) in [5, 5.41) is 21.4. The second kappa shape index (κ2) is 7.98. The van der Waals surface area contributed by atoms with Gasteiger partial charge in [-0.25, -0.2) is 0 Å². The van der Waals surface area contributed by atoms with Gasteiger partial charge >= 0.3 is 0 Å². The molecule has 1 saturated carbocycles. The van der Waals surface area contributed by atoms with Crippen molar-refractivity contribution >= 4 is 17.2 Å². The minimum absolute atomic E-state index is 0.0208. The molecule has 30 heavy (non-hydrogen) atoms. The van der Waals surface area contributed by atoms with Gasteiger partial charge in [-0.2, -0.15) is 0 Å². The van der Waals surface area contributed by atoms with E-state index in [1.165, 1.54) is 22.4 Å². The Morgan fingerprint density at radius 1 is 1.37 bits per heavy atom. The van der Waals surface area contributed by atoms with Gasteiger partial charge in [-0.1, -0.05) is 26.0 Å². The fourth-order valence-corrected chi connectivity index (χ4v) is 6.32. The zero-order valence-electron chi connectivity index (χ0n) is 18.1. The Morgan fingerprint density at radius 2 is 2.13 bits per heavy atom. The van der Waals surface area contributed by atoms with Gasteiger partial charge in [-0.05, 0) is 72.3 Å². The number of hydrogen-bond acceptors (Lipinski definition) is 5. The molecule has 0 saturated heterocycles. The van der Waals surface area contributed by atoms with E-state index in [4.69, 9.17) is 9.84 Å². The van der Waals surface area contributed by atoms with Gasteiger partial charge < -0.3 is 20.3 Å². The summed E-state index contributed by atoms with van der Waals surface area (Å²) >= 11 is 1.64. The van der Waals surface area contributed by atoms with Crippen molar-refractivity contribution < 1.29 is 19.7 Å². The van der Waals surface area contributed by atoms with Gasteiger partial charge in [0.15, 0.2) is 0 Å². The highest BCUT2D eigenvalue weighted by Crippen LogP contribution is 2.63. The monoisotopic (exact) mass is 429 g/mol. The lowest BCUT2D eigenvalue weighted by Gasteiger charge is -2.48. The molecule has 1 heterocycles. The first kappa shape index (κ1) is 21.3. The van der Waals surface area contributed by atoms with E-state index in [1.54, 1.807) is 11.3 Å². The van der Waals surface area contributed by atoms with Crippen molar-refractivity contribution in [3.8, 4) is 5.75 Å². The molecular formula is C24H31NO4S. The molecule has 3 atom stereocenters. The summed E-state index contributed by atoms with van der Waals surface area (Å²) < 4.78 is 5.54. The minimum atomic E-state index is -0.889. The van der Waals surface area contributed by atoms with Crippen LogP contribution in [0.4, 0.5) is 0 Å². The highest BCUT2D eigenvalue weighted by molar-refractivity contribution is 7.14. The second-order valence-corrected chi connectivity index (χ2v) is 10.6. The van der Waals surface area contributed by atoms with Gasteiger partial charge in [0.1, 0.15) is 18.5 Å². The topological polar surface area (TPSA) is 78.8 Å². The molecule has 0 unspecified atom stereocenters. The number of carbonyl (C=O) groups is 1. The third kappa shape index (κ3) is 3.77. The second-order valence-electron chi connectivity index (χ2n) is 9.42. The Balaban J connectivity index is 1.40. The lowest BCUT2D eigenvalue weighted by Crippen LogP contribution is -2.40. The van der Waals surface area contributed by atoms with Gasteiger partial charge in [0, 0.05) is 11.4 Å². The normalized spacial score (nSPS) is 22.1. The molecule has 1 amide bonds. The summed E-state index contributed by atoms with van der Waals surface area (Å²) in [6.45, 7) is 8.97. The summed E-state index contributed by atoms with van der Waals surface area (Å²) in [7, 11) is 0. The molecule has 0 bridgehead atoms. The maximum atomic E-state index is 13.0. The zero-order chi connectivity index (χ0) is 21.6. The van der Waals surface area contributed by atoms with Crippen molar-refractivity contribution in [2.75, 3.05) is 13.2 Å². The average Bonchev–Trinajstić information content (AvgIpc) is 3.20. The number of aliphatic hydroxyl groups excluding tert-OH is 2. The average molecular weight is 430 g/mol. The molecule has 3 N–H and O–H groups in total. The first-order chi connectivity index (χ1) is 14.2. The van der Waals surface area contributed by atoms with E-state index < -0.39 is 6.10 Å². The van der Waals surface area contributed by atoms with Crippen LogP contribution in [-0.2, 0) is 13.0 Å². The van der Waals surface area contributed by atoms with Crippen LogP contribution < -0.4 is 10.1 Å². The molecule has 5 nitrogen and oxygen atoms in total. The highest BCUT2D eigenvalue weighted by atomic mass is 32.1. The first-order valence-corrected chi connectivity index (χ1v) is 11.4. The molecule has 0 spiro atoms. The summed E-state index contributed by atoms with van der Waals surface area (Å²) in [4.78, 5) is 15.2. The summed E-state index contributed by atoms with van der Waals surface area (Å²) in [5.74, 6) is 2.02. The number of ether oxygens (including phenoxy) is 1. The van der Waals surface area contributed by atoms with Crippen LogP contribution in [0.1, 0.15) is 63.0 Å². The highest BCUT2D eigenvalue weighted by Gasteiger charge is 2.53. The molecule has 6 heteroatoms. The lowest BCUT2D eigenvalue weighted by atomic mass is 9.56. The summed E-state index contributed by atoms with van der Waals surface area (Å²) in [5.41, 5.74) is 5.06. The zero-order valence-corrected chi connectivity index (χ0v) is 18.9. The van der Waals surface area contributed by atoms with Crippen LogP contribution in [0.25, 0.3) is 0 Å². The van der Waals surface area contributed by atoms with Crippen molar-refractivity contribution in [3.05, 3.63) is 50.2 Å². The lowest BCUT2D eigenvalue weighted by molar-refractivity contribution is 0.0518. The van der Waals surface area contributed by atoms with Crippen LogP contribution in [0, 0.1) is 25.2 Å². The van der Waals surface area contributed by atoms with Crippen LogP contribution in [0.5, 0.6) is 5.75 Å². The third-order valence-corrected chi connectivity index (χ3v) is 7.97. The van der Waals surface area contributed by atoms with Gasteiger partial charge in [-0.3, -0.25) is 4.79 Å². The fourth-order valence-electron chi connectivity index (χ4n) is 5.15. The quantitative estimate of drug-likeness (QED) is 0.627. The molecule has 0 aliphatic heterocycles. The molecule has 2 aliphatic rings. The van der Waals surface area contributed by atoms with E-state index in [0.717, 1.165) is 22.4 Å². The Morgan fingerprint density at radius 3 is 2.80 bits per heavy atom. The number of aliphatic hydroxyl groups is 2. The Hall–Kier alpha value is -1.89. The molecule has 4 rings (SSSR count). The molecule has 1 fully saturated rings. The van der Waals surface area contributed by atoms with Gasteiger partial charge in [0.05, 0.1) is 11.5 Å². The maximum absolute atomic E-state index is 13.0. The maximum Gasteiger partial charge on any atom is 0.261 e. The van der Waals surface area contributed by atoms with Crippen molar-refractivity contribution in [1.82, 2.24) is 5.32 Å². The SMILES string of the molecule is Cc1cc(CNC(=O)c2sc(C)c3c2C[C@@H]2[C@H]3CC2(C)C)ccc1OC[C@@H](O)CO. The van der Waals surface area contributed by atoms with Crippen molar-refractivity contribution in [2.24, 2.45) is 11.3 Å². The van der Waals surface area contributed by atoms with E-state index >= 15 is 0 Å². The number of rotatable bonds is 7. The predicted octanol–water partition coefficient (Wildman–Crippen LogP) is 3.71. The number of hydrogen-bond donors (Lipinski definition) is 3. The Kier molecular flexibility index (Phi) is 5.68. The number of thiophene rings is 1.